The summed E-state index contributed by atoms with van der Waals surface area (Å²) in [7, 11) is 0. The molecular weight excluding hydrogens is 270 g/mol. The summed E-state index contributed by atoms with van der Waals surface area (Å²) in [5.41, 5.74) is 2.12. The van der Waals surface area contributed by atoms with Gasteiger partial charge in [-0.3, -0.25) is 4.79 Å². The van der Waals surface area contributed by atoms with E-state index in [0.717, 1.165) is 25.2 Å². The maximum absolute atomic E-state index is 11.5. The van der Waals surface area contributed by atoms with Crippen molar-refractivity contribution in [3.63, 3.8) is 0 Å². The monoisotopic (exact) mass is 291 g/mol. The van der Waals surface area contributed by atoms with Crippen LogP contribution in [0, 0.1) is 0 Å². The predicted octanol–water partition coefficient (Wildman–Crippen LogP) is 2.90. The molecule has 1 aliphatic rings. The van der Waals surface area contributed by atoms with Gasteiger partial charge in [0.1, 0.15) is 0 Å². The molecule has 0 aliphatic carbocycles. The minimum atomic E-state index is -0.0410. The molecule has 1 aliphatic heterocycles. The first-order valence-electron chi connectivity index (χ1n) is 7.15. The number of nitrogens with zero attached hydrogens (tertiary/aromatic N) is 1. The number of hydrogen-bond donors (Lipinski definition) is 2. The van der Waals surface area contributed by atoms with E-state index in [1.807, 2.05) is 19.1 Å². The maximum atomic E-state index is 11.5. The van der Waals surface area contributed by atoms with Crippen molar-refractivity contribution in [1.82, 2.24) is 5.32 Å². The van der Waals surface area contributed by atoms with Crippen LogP contribution in [0.15, 0.2) is 24.3 Å². The van der Waals surface area contributed by atoms with Gasteiger partial charge in [-0.2, -0.15) is 0 Å². The second-order valence-corrected chi connectivity index (χ2v) is 5.41. The van der Waals surface area contributed by atoms with Gasteiger partial charge in [-0.1, -0.05) is 13.0 Å². The van der Waals surface area contributed by atoms with Crippen LogP contribution in [0.2, 0.25) is 0 Å². The second kappa shape index (κ2) is 7.24. The number of hydrogen-bond acceptors (Lipinski definition) is 3. The van der Waals surface area contributed by atoms with E-state index in [1.165, 1.54) is 18.5 Å². The summed E-state index contributed by atoms with van der Waals surface area (Å²) in [6, 6.07) is 8.14. The molecule has 1 aromatic rings. The number of carbonyl (C=O) groups is 1. The highest BCUT2D eigenvalue weighted by Gasteiger charge is 2.12. The molecule has 5 heteroatoms. The van der Waals surface area contributed by atoms with Gasteiger partial charge in [0.25, 0.3) is 0 Å². The summed E-state index contributed by atoms with van der Waals surface area (Å²) >= 11 is 5.15. The fourth-order valence-electron chi connectivity index (χ4n) is 2.33. The zero-order valence-electron chi connectivity index (χ0n) is 11.8. The zero-order chi connectivity index (χ0) is 14.4. The van der Waals surface area contributed by atoms with Gasteiger partial charge in [-0.15, -0.1) is 0 Å². The topological polar surface area (TPSA) is 44.4 Å². The van der Waals surface area contributed by atoms with Gasteiger partial charge in [0, 0.05) is 30.9 Å². The van der Waals surface area contributed by atoms with E-state index in [1.54, 1.807) is 0 Å². The average molecular weight is 291 g/mol. The fraction of sp³-hybridized carbons (Fsp3) is 0.467. The molecule has 1 fully saturated rings. The summed E-state index contributed by atoms with van der Waals surface area (Å²) < 4.78 is 0. The number of thiocarbonyl (C=S) groups is 1. The summed E-state index contributed by atoms with van der Waals surface area (Å²) in [5, 5.41) is 6.12. The average Bonchev–Trinajstić information content (AvgIpc) is 2.92. The molecule has 1 saturated heterocycles. The molecule has 20 heavy (non-hydrogen) atoms. The van der Waals surface area contributed by atoms with E-state index >= 15 is 0 Å². The lowest BCUT2D eigenvalue weighted by Gasteiger charge is -2.18. The minimum absolute atomic E-state index is 0.0410. The maximum Gasteiger partial charge on any atom is 0.226 e. The summed E-state index contributed by atoms with van der Waals surface area (Å²) in [5.74, 6) is -0.0410. The summed E-state index contributed by atoms with van der Waals surface area (Å²) in [6.07, 6.45) is 3.82. The molecule has 1 aromatic carbocycles. The van der Waals surface area contributed by atoms with Crippen LogP contribution in [0.5, 0.6) is 0 Å². The van der Waals surface area contributed by atoms with Crippen molar-refractivity contribution in [1.29, 1.82) is 0 Å². The first-order valence-corrected chi connectivity index (χ1v) is 7.55. The first kappa shape index (κ1) is 14.8. The van der Waals surface area contributed by atoms with Gasteiger partial charge < -0.3 is 15.5 Å². The SMILES string of the molecule is CCCC(=O)NC(=S)Nc1cccc(N2CCCC2)c1. The molecule has 0 atom stereocenters. The first-order chi connectivity index (χ1) is 9.69. The third-order valence-electron chi connectivity index (χ3n) is 3.31. The molecule has 0 radical (unpaired) electrons. The van der Waals surface area contributed by atoms with Crippen molar-refractivity contribution in [3.8, 4) is 0 Å². The lowest BCUT2D eigenvalue weighted by atomic mass is 10.2. The highest BCUT2D eigenvalue weighted by atomic mass is 32.1. The molecule has 4 nitrogen and oxygen atoms in total. The molecule has 1 amide bonds. The number of anilines is 2. The Balaban J connectivity index is 1.93. The van der Waals surface area contributed by atoms with Crippen LogP contribution in [0.3, 0.4) is 0 Å². The van der Waals surface area contributed by atoms with Gasteiger partial charge in [0.2, 0.25) is 5.91 Å². The number of amides is 1. The van der Waals surface area contributed by atoms with Crippen LogP contribution in [0.25, 0.3) is 0 Å². The normalized spacial score (nSPS) is 14.2. The van der Waals surface area contributed by atoms with Crippen molar-refractivity contribution in [3.05, 3.63) is 24.3 Å². The Morgan fingerprint density at radius 1 is 1.35 bits per heavy atom. The Morgan fingerprint density at radius 3 is 2.80 bits per heavy atom. The molecule has 0 aromatic heterocycles. The van der Waals surface area contributed by atoms with Crippen LogP contribution >= 0.6 is 12.2 Å². The van der Waals surface area contributed by atoms with E-state index < -0.39 is 0 Å². The largest absolute Gasteiger partial charge is 0.371 e. The number of carbonyl (C=O) groups excluding carboxylic acids is 1. The summed E-state index contributed by atoms with van der Waals surface area (Å²) in [6.45, 7) is 4.19. The predicted molar refractivity (Wildman–Crippen MR) is 87.2 cm³/mol. The Morgan fingerprint density at radius 2 is 2.10 bits per heavy atom. The summed E-state index contributed by atoms with van der Waals surface area (Å²) in [4.78, 5) is 13.8. The Labute approximate surface area is 125 Å². The molecule has 1 heterocycles. The van der Waals surface area contributed by atoms with Gasteiger partial charge >= 0.3 is 0 Å². The molecule has 108 valence electrons. The lowest BCUT2D eigenvalue weighted by molar-refractivity contribution is -0.119. The van der Waals surface area contributed by atoms with Crippen molar-refractivity contribution in [2.24, 2.45) is 0 Å². The molecule has 0 bridgehead atoms. The third-order valence-corrected chi connectivity index (χ3v) is 3.51. The molecule has 0 unspecified atom stereocenters. The van der Waals surface area contributed by atoms with Gasteiger partial charge in [-0.05, 0) is 49.7 Å². The number of nitrogens with one attached hydrogen (secondary N) is 2. The van der Waals surface area contributed by atoms with Crippen molar-refractivity contribution < 1.29 is 4.79 Å². The zero-order valence-corrected chi connectivity index (χ0v) is 12.6. The van der Waals surface area contributed by atoms with Crippen LogP contribution in [0.1, 0.15) is 32.6 Å². The highest BCUT2D eigenvalue weighted by molar-refractivity contribution is 7.80. The molecular formula is C15H21N3OS. The number of rotatable bonds is 4. The van der Waals surface area contributed by atoms with Crippen molar-refractivity contribution >= 4 is 34.6 Å². The Kier molecular flexibility index (Phi) is 5.35. The Bertz CT molecular complexity index is 484. The van der Waals surface area contributed by atoms with E-state index in [4.69, 9.17) is 12.2 Å². The van der Waals surface area contributed by atoms with E-state index in [2.05, 4.69) is 27.7 Å². The van der Waals surface area contributed by atoms with E-state index in [-0.39, 0.29) is 5.91 Å². The fourth-order valence-corrected chi connectivity index (χ4v) is 2.57. The van der Waals surface area contributed by atoms with Crippen molar-refractivity contribution in [2.45, 2.75) is 32.6 Å². The van der Waals surface area contributed by atoms with E-state index in [9.17, 15) is 4.79 Å². The van der Waals surface area contributed by atoms with Crippen LogP contribution in [-0.2, 0) is 4.79 Å². The second-order valence-electron chi connectivity index (χ2n) is 5.00. The molecule has 0 spiro atoms. The van der Waals surface area contributed by atoms with Crippen LogP contribution < -0.4 is 15.5 Å². The third kappa shape index (κ3) is 4.20. The van der Waals surface area contributed by atoms with Gasteiger partial charge in [-0.25, -0.2) is 0 Å². The highest BCUT2D eigenvalue weighted by Crippen LogP contribution is 2.23. The number of benzene rings is 1. The van der Waals surface area contributed by atoms with Gasteiger partial charge in [0.15, 0.2) is 5.11 Å². The molecule has 0 saturated carbocycles. The minimum Gasteiger partial charge on any atom is -0.371 e. The van der Waals surface area contributed by atoms with E-state index in [0.29, 0.717) is 11.5 Å². The van der Waals surface area contributed by atoms with Crippen LogP contribution in [0.4, 0.5) is 11.4 Å². The van der Waals surface area contributed by atoms with Crippen molar-refractivity contribution in [2.75, 3.05) is 23.3 Å². The lowest BCUT2D eigenvalue weighted by Crippen LogP contribution is -2.33. The standard InChI is InChI=1S/C15H21N3OS/c1-2-6-14(19)17-15(20)16-12-7-5-8-13(11-12)18-9-3-4-10-18/h5,7-8,11H,2-4,6,9-10H2,1H3,(H2,16,17,19,20). The Hall–Kier alpha value is -1.62. The smallest absolute Gasteiger partial charge is 0.226 e. The van der Waals surface area contributed by atoms with Crippen LogP contribution in [-0.4, -0.2) is 24.1 Å². The quantitative estimate of drug-likeness (QED) is 0.837. The molecule has 2 rings (SSSR count). The molecule has 2 N–H and O–H groups in total. The van der Waals surface area contributed by atoms with Gasteiger partial charge in [0.05, 0.1) is 0 Å².